The van der Waals surface area contributed by atoms with Crippen molar-refractivity contribution in [3.05, 3.63) is 29.6 Å². The van der Waals surface area contributed by atoms with Gasteiger partial charge in [0.1, 0.15) is 5.82 Å². The highest BCUT2D eigenvalue weighted by Gasteiger charge is 2.19. The standard InChI is InChI=1S/C17H21N3/c1-2-9-20-16-8-7-14(12-18)10-15(16)19-17(20)11-13-5-3-4-6-13/h7-8,10,13H,2-6,9,11H2,1H3. The number of nitriles is 1. The maximum Gasteiger partial charge on any atom is 0.110 e. The van der Waals surface area contributed by atoms with Crippen molar-refractivity contribution in [1.82, 2.24) is 9.55 Å². The molecule has 0 saturated heterocycles. The van der Waals surface area contributed by atoms with Crippen molar-refractivity contribution < 1.29 is 0 Å². The molecule has 1 aliphatic rings. The van der Waals surface area contributed by atoms with E-state index in [2.05, 4.69) is 23.6 Å². The fraction of sp³-hybridized carbons (Fsp3) is 0.529. The van der Waals surface area contributed by atoms with Gasteiger partial charge in [-0.15, -0.1) is 0 Å². The molecule has 0 unspecified atom stereocenters. The molecule has 0 atom stereocenters. The topological polar surface area (TPSA) is 41.6 Å². The molecule has 3 nitrogen and oxygen atoms in total. The lowest BCUT2D eigenvalue weighted by atomic mass is 10.0. The number of rotatable bonds is 4. The van der Waals surface area contributed by atoms with Crippen molar-refractivity contribution in [2.24, 2.45) is 5.92 Å². The monoisotopic (exact) mass is 267 g/mol. The Morgan fingerprint density at radius 3 is 2.85 bits per heavy atom. The smallest absolute Gasteiger partial charge is 0.110 e. The molecule has 104 valence electrons. The molecule has 0 radical (unpaired) electrons. The highest BCUT2D eigenvalue weighted by Crippen LogP contribution is 2.29. The average molecular weight is 267 g/mol. The third kappa shape index (κ3) is 2.43. The van der Waals surface area contributed by atoms with Crippen LogP contribution in [0.4, 0.5) is 0 Å². The molecule has 1 saturated carbocycles. The van der Waals surface area contributed by atoms with Gasteiger partial charge in [-0.2, -0.15) is 5.26 Å². The molecule has 0 bridgehead atoms. The second-order valence-corrected chi connectivity index (χ2v) is 5.85. The highest BCUT2D eigenvalue weighted by atomic mass is 15.1. The molecular formula is C17H21N3. The summed E-state index contributed by atoms with van der Waals surface area (Å²) in [5, 5.41) is 9.02. The first-order valence-electron chi connectivity index (χ1n) is 7.71. The third-order valence-electron chi connectivity index (χ3n) is 4.35. The fourth-order valence-corrected chi connectivity index (χ4v) is 3.35. The molecular weight excluding hydrogens is 246 g/mol. The Balaban J connectivity index is 2.00. The summed E-state index contributed by atoms with van der Waals surface area (Å²) in [5.74, 6) is 2.02. The van der Waals surface area contributed by atoms with Gasteiger partial charge in [0.25, 0.3) is 0 Å². The van der Waals surface area contributed by atoms with E-state index in [-0.39, 0.29) is 0 Å². The van der Waals surface area contributed by atoms with Crippen LogP contribution in [-0.4, -0.2) is 9.55 Å². The first-order chi connectivity index (χ1) is 9.81. The van der Waals surface area contributed by atoms with Gasteiger partial charge in [0.15, 0.2) is 0 Å². The first kappa shape index (κ1) is 13.2. The third-order valence-corrected chi connectivity index (χ3v) is 4.35. The van der Waals surface area contributed by atoms with E-state index in [0.29, 0.717) is 5.56 Å². The number of fused-ring (bicyclic) bond motifs is 1. The van der Waals surface area contributed by atoms with Crippen LogP contribution in [0.5, 0.6) is 0 Å². The van der Waals surface area contributed by atoms with Crippen LogP contribution < -0.4 is 0 Å². The van der Waals surface area contributed by atoms with Crippen molar-refractivity contribution in [3.63, 3.8) is 0 Å². The summed E-state index contributed by atoms with van der Waals surface area (Å²) in [6.07, 6.45) is 7.64. The molecule has 3 rings (SSSR count). The van der Waals surface area contributed by atoms with Crippen LogP contribution in [0.1, 0.15) is 50.4 Å². The second-order valence-electron chi connectivity index (χ2n) is 5.85. The lowest BCUT2D eigenvalue weighted by molar-refractivity contribution is 0.510. The van der Waals surface area contributed by atoms with Gasteiger partial charge in [0.05, 0.1) is 22.7 Å². The predicted molar refractivity (Wildman–Crippen MR) is 80.4 cm³/mol. The normalized spacial score (nSPS) is 15.8. The minimum atomic E-state index is 0.700. The Hall–Kier alpha value is -1.82. The molecule has 2 aromatic rings. The van der Waals surface area contributed by atoms with Crippen LogP contribution >= 0.6 is 0 Å². The number of imidazole rings is 1. The van der Waals surface area contributed by atoms with E-state index in [1.807, 2.05) is 12.1 Å². The summed E-state index contributed by atoms with van der Waals surface area (Å²) in [6, 6.07) is 8.07. The zero-order valence-electron chi connectivity index (χ0n) is 12.1. The van der Waals surface area contributed by atoms with Crippen molar-refractivity contribution in [1.29, 1.82) is 5.26 Å². The lowest BCUT2D eigenvalue weighted by Crippen LogP contribution is -2.08. The number of aromatic nitrogens is 2. The molecule has 1 fully saturated rings. The Labute approximate surface area is 120 Å². The van der Waals surface area contributed by atoms with Crippen LogP contribution in [0.2, 0.25) is 0 Å². The van der Waals surface area contributed by atoms with E-state index in [0.717, 1.165) is 30.8 Å². The predicted octanol–water partition coefficient (Wildman–Crippen LogP) is 4.05. The Bertz CT molecular complexity index is 642. The summed E-state index contributed by atoms with van der Waals surface area (Å²) in [6.45, 7) is 3.22. The maximum absolute atomic E-state index is 9.02. The van der Waals surface area contributed by atoms with Gasteiger partial charge in [-0.25, -0.2) is 4.98 Å². The number of hydrogen-bond acceptors (Lipinski definition) is 2. The molecule has 0 N–H and O–H groups in total. The molecule has 0 amide bonds. The summed E-state index contributed by atoms with van der Waals surface area (Å²) in [7, 11) is 0. The van der Waals surface area contributed by atoms with Gasteiger partial charge in [0.2, 0.25) is 0 Å². The molecule has 1 heterocycles. The Morgan fingerprint density at radius 1 is 1.35 bits per heavy atom. The molecule has 1 aromatic carbocycles. The van der Waals surface area contributed by atoms with E-state index in [9.17, 15) is 0 Å². The number of hydrogen-bond donors (Lipinski definition) is 0. The quantitative estimate of drug-likeness (QED) is 0.838. The van der Waals surface area contributed by atoms with Crippen LogP contribution in [0, 0.1) is 17.2 Å². The van der Waals surface area contributed by atoms with Crippen molar-refractivity contribution in [2.75, 3.05) is 0 Å². The van der Waals surface area contributed by atoms with Gasteiger partial charge in [-0.05, 0) is 30.5 Å². The van der Waals surface area contributed by atoms with Gasteiger partial charge in [-0.1, -0.05) is 32.6 Å². The van der Waals surface area contributed by atoms with Crippen LogP contribution in [0.25, 0.3) is 11.0 Å². The Kier molecular flexibility index (Phi) is 3.73. The Morgan fingerprint density at radius 2 is 2.15 bits per heavy atom. The molecule has 20 heavy (non-hydrogen) atoms. The van der Waals surface area contributed by atoms with E-state index >= 15 is 0 Å². The van der Waals surface area contributed by atoms with Crippen LogP contribution in [0.15, 0.2) is 18.2 Å². The van der Waals surface area contributed by atoms with Crippen molar-refractivity contribution in [2.45, 2.75) is 52.0 Å². The number of nitrogens with zero attached hydrogens (tertiary/aromatic N) is 3. The minimum Gasteiger partial charge on any atom is -0.328 e. The summed E-state index contributed by atoms with van der Waals surface area (Å²) < 4.78 is 2.36. The minimum absolute atomic E-state index is 0.700. The van der Waals surface area contributed by atoms with Gasteiger partial charge in [-0.3, -0.25) is 0 Å². The highest BCUT2D eigenvalue weighted by molar-refractivity contribution is 5.77. The van der Waals surface area contributed by atoms with E-state index in [1.165, 1.54) is 37.0 Å². The number of aryl methyl sites for hydroxylation is 1. The molecule has 3 heteroatoms. The summed E-state index contributed by atoms with van der Waals surface area (Å²) >= 11 is 0. The van der Waals surface area contributed by atoms with Crippen LogP contribution in [-0.2, 0) is 13.0 Å². The second kappa shape index (κ2) is 5.66. The van der Waals surface area contributed by atoms with Crippen LogP contribution in [0.3, 0.4) is 0 Å². The molecule has 1 aliphatic carbocycles. The SMILES string of the molecule is CCCn1c(CC2CCCC2)nc2cc(C#N)ccc21. The summed E-state index contributed by atoms with van der Waals surface area (Å²) in [5.41, 5.74) is 2.86. The zero-order chi connectivity index (χ0) is 13.9. The average Bonchev–Trinajstić information content (AvgIpc) is 3.08. The maximum atomic E-state index is 9.02. The summed E-state index contributed by atoms with van der Waals surface area (Å²) in [4.78, 5) is 4.82. The van der Waals surface area contributed by atoms with Crippen molar-refractivity contribution >= 4 is 11.0 Å². The lowest BCUT2D eigenvalue weighted by Gasteiger charge is -2.11. The van der Waals surface area contributed by atoms with Crippen molar-refractivity contribution in [3.8, 4) is 6.07 Å². The molecule has 0 aliphatic heterocycles. The number of benzene rings is 1. The first-order valence-corrected chi connectivity index (χ1v) is 7.71. The van der Waals surface area contributed by atoms with E-state index in [1.54, 1.807) is 0 Å². The van der Waals surface area contributed by atoms with Gasteiger partial charge < -0.3 is 4.57 Å². The molecule has 0 spiro atoms. The zero-order valence-corrected chi connectivity index (χ0v) is 12.1. The molecule has 1 aromatic heterocycles. The largest absolute Gasteiger partial charge is 0.328 e. The fourth-order valence-electron chi connectivity index (χ4n) is 3.35. The van der Waals surface area contributed by atoms with Gasteiger partial charge >= 0.3 is 0 Å². The van der Waals surface area contributed by atoms with E-state index < -0.39 is 0 Å². The van der Waals surface area contributed by atoms with Gasteiger partial charge in [0, 0.05) is 13.0 Å². The van der Waals surface area contributed by atoms with E-state index in [4.69, 9.17) is 10.2 Å².